The van der Waals surface area contributed by atoms with Crippen LogP contribution in [-0.2, 0) is 0 Å². The maximum atomic E-state index is 9.14. The third kappa shape index (κ3) is 4.43. The minimum absolute atomic E-state index is 0.166. The van der Waals surface area contributed by atoms with Gasteiger partial charge in [0.15, 0.2) is 0 Å². The van der Waals surface area contributed by atoms with Crippen LogP contribution in [0.2, 0.25) is 0 Å². The fourth-order valence-corrected chi connectivity index (χ4v) is 2.32. The Morgan fingerprint density at radius 3 is 2.43 bits per heavy atom. The van der Waals surface area contributed by atoms with Gasteiger partial charge in [0, 0.05) is 6.04 Å². The quantitative estimate of drug-likeness (QED) is 0.712. The van der Waals surface area contributed by atoms with E-state index in [4.69, 9.17) is 5.11 Å². The van der Waals surface area contributed by atoms with Gasteiger partial charge < -0.3 is 10.4 Å². The van der Waals surface area contributed by atoms with E-state index >= 15 is 0 Å². The van der Waals surface area contributed by atoms with Gasteiger partial charge in [-0.25, -0.2) is 0 Å². The molecule has 0 aliphatic heterocycles. The molecule has 1 aliphatic rings. The van der Waals surface area contributed by atoms with Crippen LogP contribution in [0.3, 0.4) is 0 Å². The van der Waals surface area contributed by atoms with E-state index in [1.54, 1.807) is 0 Å². The second-order valence-corrected chi connectivity index (χ2v) is 4.78. The molecular weight excluding hydrogens is 174 g/mol. The fraction of sp³-hybridized carbons (Fsp3) is 1.00. The molecule has 14 heavy (non-hydrogen) atoms. The molecule has 2 atom stereocenters. The van der Waals surface area contributed by atoms with Crippen LogP contribution in [0, 0.1) is 5.92 Å². The summed E-state index contributed by atoms with van der Waals surface area (Å²) < 4.78 is 0. The van der Waals surface area contributed by atoms with E-state index in [2.05, 4.69) is 12.2 Å². The largest absolute Gasteiger partial charge is 0.393 e. The molecule has 0 aromatic rings. The molecule has 0 unspecified atom stereocenters. The molecular formula is C12H25NO. The van der Waals surface area contributed by atoms with Crippen molar-refractivity contribution in [1.82, 2.24) is 5.32 Å². The van der Waals surface area contributed by atoms with Crippen LogP contribution in [0.15, 0.2) is 0 Å². The van der Waals surface area contributed by atoms with Gasteiger partial charge in [-0.05, 0) is 45.6 Å². The first-order valence-corrected chi connectivity index (χ1v) is 6.11. The molecule has 0 spiro atoms. The Hall–Kier alpha value is -0.0800. The molecule has 2 N–H and O–H groups in total. The third-order valence-corrected chi connectivity index (χ3v) is 3.39. The maximum absolute atomic E-state index is 9.14. The van der Waals surface area contributed by atoms with E-state index < -0.39 is 0 Å². The lowest BCUT2D eigenvalue weighted by Crippen LogP contribution is -2.36. The molecule has 1 rings (SSSR count). The minimum atomic E-state index is -0.166. The van der Waals surface area contributed by atoms with E-state index in [0.717, 1.165) is 18.9 Å². The van der Waals surface area contributed by atoms with Gasteiger partial charge in [0.2, 0.25) is 0 Å². The fourth-order valence-electron chi connectivity index (χ4n) is 2.32. The van der Waals surface area contributed by atoms with Crippen LogP contribution in [0.25, 0.3) is 0 Å². The van der Waals surface area contributed by atoms with Crippen LogP contribution >= 0.6 is 0 Å². The van der Waals surface area contributed by atoms with E-state index in [1.807, 2.05) is 6.92 Å². The number of rotatable bonds is 5. The summed E-state index contributed by atoms with van der Waals surface area (Å²) in [4.78, 5) is 0. The van der Waals surface area contributed by atoms with Crippen molar-refractivity contribution in [3.8, 4) is 0 Å². The normalized spacial score (nSPS) is 23.4. The number of hydrogen-bond acceptors (Lipinski definition) is 2. The van der Waals surface area contributed by atoms with Crippen molar-refractivity contribution in [2.75, 3.05) is 6.54 Å². The van der Waals surface area contributed by atoms with Crippen molar-refractivity contribution < 1.29 is 5.11 Å². The summed E-state index contributed by atoms with van der Waals surface area (Å²) in [6, 6.07) is 0.633. The number of aliphatic hydroxyl groups is 1. The van der Waals surface area contributed by atoms with Gasteiger partial charge in [-0.2, -0.15) is 0 Å². The van der Waals surface area contributed by atoms with Crippen LogP contribution in [0.1, 0.15) is 52.4 Å². The average molecular weight is 199 g/mol. The van der Waals surface area contributed by atoms with Crippen molar-refractivity contribution in [2.24, 2.45) is 5.92 Å². The van der Waals surface area contributed by atoms with Gasteiger partial charge >= 0.3 is 0 Å². The second kappa shape index (κ2) is 6.41. The zero-order valence-corrected chi connectivity index (χ0v) is 9.63. The smallest absolute Gasteiger partial charge is 0.0524 e. The zero-order valence-electron chi connectivity index (χ0n) is 9.63. The minimum Gasteiger partial charge on any atom is -0.393 e. The Balaban J connectivity index is 2.10. The summed E-state index contributed by atoms with van der Waals surface area (Å²) in [5, 5.41) is 12.7. The highest BCUT2D eigenvalue weighted by Gasteiger charge is 2.19. The predicted molar refractivity (Wildman–Crippen MR) is 60.3 cm³/mol. The molecule has 0 aromatic carbocycles. The summed E-state index contributed by atoms with van der Waals surface area (Å²) >= 11 is 0. The Labute approximate surface area is 88.1 Å². The van der Waals surface area contributed by atoms with Crippen molar-refractivity contribution in [3.05, 3.63) is 0 Å². The molecule has 1 aliphatic carbocycles. The molecule has 84 valence electrons. The maximum Gasteiger partial charge on any atom is 0.0524 e. The Bertz CT molecular complexity index is 141. The molecule has 0 aromatic heterocycles. The third-order valence-electron chi connectivity index (χ3n) is 3.39. The van der Waals surface area contributed by atoms with Gasteiger partial charge in [0.1, 0.15) is 0 Å². The van der Waals surface area contributed by atoms with Crippen LogP contribution in [0.4, 0.5) is 0 Å². The summed E-state index contributed by atoms with van der Waals surface area (Å²) in [5.41, 5.74) is 0. The molecule has 0 amide bonds. The van der Waals surface area contributed by atoms with Crippen LogP contribution in [-0.4, -0.2) is 23.8 Å². The molecule has 0 heterocycles. The summed E-state index contributed by atoms with van der Waals surface area (Å²) in [6.45, 7) is 5.10. The first-order chi connectivity index (χ1) is 6.70. The predicted octanol–water partition coefficient (Wildman–Crippen LogP) is 2.32. The number of hydrogen-bond donors (Lipinski definition) is 2. The summed E-state index contributed by atoms with van der Waals surface area (Å²) in [7, 11) is 0. The summed E-state index contributed by atoms with van der Waals surface area (Å²) in [6.07, 6.45) is 7.74. The molecule has 1 fully saturated rings. The molecule has 0 radical (unpaired) electrons. The van der Waals surface area contributed by atoms with E-state index in [9.17, 15) is 0 Å². The van der Waals surface area contributed by atoms with Gasteiger partial charge in [-0.1, -0.05) is 19.3 Å². The molecule has 1 saturated carbocycles. The number of nitrogens with one attached hydrogen (secondary N) is 1. The molecule has 0 saturated heterocycles. The van der Waals surface area contributed by atoms with Crippen LogP contribution < -0.4 is 5.32 Å². The van der Waals surface area contributed by atoms with Gasteiger partial charge in [0.05, 0.1) is 6.10 Å². The Morgan fingerprint density at radius 2 is 1.86 bits per heavy atom. The lowest BCUT2D eigenvalue weighted by atomic mass is 9.84. The first kappa shape index (κ1) is 12.0. The lowest BCUT2D eigenvalue weighted by molar-refractivity contribution is 0.178. The zero-order chi connectivity index (χ0) is 10.4. The van der Waals surface area contributed by atoms with Gasteiger partial charge in [-0.3, -0.25) is 0 Å². The lowest BCUT2D eigenvalue weighted by Gasteiger charge is -2.28. The van der Waals surface area contributed by atoms with Crippen molar-refractivity contribution >= 4 is 0 Å². The van der Waals surface area contributed by atoms with Crippen molar-refractivity contribution in [2.45, 2.75) is 64.5 Å². The Morgan fingerprint density at radius 1 is 1.21 bits per heavy atom. The van der Waals surface area contributed by atoms with Crippen LogP contribution in [0.5, 0.6) is 0 Å². The SMILES string of the molecule is C[C@@H](O)CCN[C@H](C)C1CCCCC1. The van der Waals surface area contributed by atoms with Crippen molar-refractivity contribution in [1.29, 1.82) is 0 Å². The molecule has 2 heteroatoms. The molecule has 2 nitrogen and oxygen atoms in total. The highest BCUT2D eigenvalue weighted by molar-refractivity contribution is 4.75. The monoisotopic (exact) mass is 199 g/mol. The number of aliphatic hydroxyl groups excluding tert-OH is 1. The molecule has 0 bridgehead atoms. The first-order valence-electron chi connectivity index (χ1n) is 6.11. The van der Waals surface area contributed by atoms with Crippen molar-refractivity contribution in [3.63, 3.8) is 0 Å². The Kier molecular flexibility index (Phi) is 5.49. The highest BCUT2D eigenvalue weighted by Crippen LogP contribution is 2.26. The van der Waals surface area contributed by atoms with Gasteiger partial charge in [0.25, 0.3) is 0 Å². The topological polar surface area (TPSA) is 32.3 Å². The van der Waals surface area contributed by atoms with E-state index in [1.165, 1.54) is 32.1 Å². The average Bonchev–Trinajstić information content (AvgIpc) is 2.18. The summed E-state index contributed by atoms with van der Waals surface area (Å²) in [5.74, 6) is 0.873. The van der Waals surface area contributed by atoms with E-state index in [0.29, 0.717) is 6.04 Å². The second-order valence-electron chi connectivity index (χ2n) is 4.78. The highest BCUT2D eigenvalue weighted by atomic mass is 16.3. The van der Waals surface area contributed by atoms with Gasteiger partial charge in [-0.15, -0.1) is 0 Å². The van der Waals surface area contributed by atoms with E-state index in [-0.39, 0.29) is 6.10 Å². The standard InChI is InChI=1S/C12H25NO/c1-10(14)8-9-13-11(2)12-6-4-3-5-7-12/h10-14H,3-9H2,1-2H3/t10-,11-/m1/s1.